The summed E-state index contributed by atoms with van der Waals surface area (Å²) in [5, 5.41) is 5.47. The first-order valence-corrected chi connectivity index (χ1v) is 11.6. The number of amides is 2. The molecule has 162 valence electrons. The van der Waals surface area contributed by atoms with E-state index in [1.54, 1.807) is 43.3 Å². The lowest BCUT2D eigenvalue weighted by atomic mass is 10.1. The molecule has 30 heavy (non-hydrogen) atoms. The van der Waals surface area contributed by atoms with Crippen LogP contribution in [0.2, 0.25) is 0 Å². The van der Waals surface area contributed by atoms with Gasteiger partial charge in [0.05, 0.1) is 4.90 Å². The molecule has 0 radical (unpaired) electrons. The van der Waals surface area contributed by atoms with Crippen LogP contribution >= 0.6 is 0 Å². The standard InChI is InChI=1S/C22H29N3O4S/c1-4-14-25(15-5-2)30(28,29)20-12-10-18(11-13-20)24-22(27)17-8-7-9-19(16-17)23-21(26)6-3/h7-13,16H,4-6,14-15H2,1-3H3,(H,23,26)(H,24,27). The zero-order chi connectivity index (χ0) is 22.1. The second kappa shape index (κ2) is 10.9. The van der Waals surface area contributed by atoms with Gasteiger partial charge < -0.3 is 10.6 Å². The van der Waals surface area contributed by atoms with E-state index in [4.69, 9.17) is 0 Å². The largest absolute Gasteiger partial charge is 0.326 e. The molecule has 2 amide bonds. The summed E-state index contributed by atoms with van der Waals surface area (Å²) >= 11 is 0. The zero-order valence-electron chi connectivity index (χ0n) is 17.6. The van der Waals surface area contributed by atoms with E-state index in [1.807, 2.05) is 13.8 Å². The van der Waals surface area contributed by atoms with E-state index in [9.17, 15) is 18.0 Å². The average molecular weight is 432 g/mol. The van der Waals surface area contributed by atoms with Gasteiger partial charge in [-0.25, -0.2) is 8.42 Å². The van der Waals surface area contributed by atoms with Crippen LogP contribution in [0, 0.1) is 0 Å². The molecule has 2 aromatic carbocycles. The van der Waals surface area contributed by atoms with Crippen molar-refractivity contribution in [2.45, 2.75) is 44.9 Å². The van der Waals surface area contributed by atoms with Gasteiger partial charge in [-0.3, -0.25) is 9.59 Å². The van der Waals surface area contributed by atoms with Crippen molar-refractivity contribution < 1.29 is 18.0 Å². The smallest absolute Gasteiger partial charge is 0.255 e. The monoisotopic (exact) mass is 431 g/mol. The van der Waals surface area contributed by atoms with Crippen molar-refractivity contribution in [2.24, 2.45) is 0 Å². The van der Waals surface area contributed by atoms with Crippen LogP contribution < -0.4 is 10.6 Å². The first-order valence-electron chi connectivity index (χ1n) is 10.1. The molecule has 7 nitrogen and oxygen atoms in total. The van der Waals surface area contributed by atoms with E-state index >= 15 is 0 Å². The predicted octanol–water partition coefficient (Wildman–Crippen LogP) is 4.10. The Morgan fingerprint density at radius 1 is 0.867 bits per heavy atom. The highest BCUT2D eigenvalue weighted by molar-refractivity contribution is 7.89. The van der Waals surface area contributed by atoms with Gasteiger partial charge in [0, 0.05) is 36.4 Å². The molecule has 0 aliphatic rings. The van der Waals surface area contributed by atoms with Crippen molar-refractivity contribution in [3.63, 3.8) is 0 Å². The van der Waals surface area contributed by atoms with Crippen LogP contribution in [0.1, 0.15) is 50.4 Å². The summed E-state index contributed by atoms with van der Waals surface area (Å²) in [6, 6.07) is 12.8. The molecule has 0 aliphatic carbocycles. The fourth-order valence-electron chi connectivity index (χ4n) is 2.90. The molecule has 0 atom stereocenters. The first kappa shape index (κ1) is 23.6. The molecule has 8 heteroatoms. The van der Waals surface area contributed by atoms with Crippen LogP contribution in [0.4, 0.5) is 11.4 Å². The molecule has 0 bridgehead atoms. The highest BCUT2D eigenvalue weighted by Gasteiger charge is 2.22. The zero-order valence-corrected chi connectivity index (χ0v) is 18.5. The van der Waals surface area contributed by atoms with Gasteiger partial charge in [0.2, 0.25) is 15.9 Å². The Morgan fingerprint density at radius 2 is 1.50 bits per heavy atom. The average Bonchev–Trinajstić information content (AvgIpc) is 2.74. The van der Waals surface area contributed by atoms with Crippen molar-refractivity contribution in [1.82, 2.24) is 4.31 Å². The summed E-state index contributed by atoms with van der Waals surface area (Å²) in [6.45, 7) is 6.58. The van der Waals surface area contributed by atoms with E-state index in [1.165, 1.54) is 16.4 Å². The summed E-state index contributed by atoms with van der Waals surface area (Å²) in [5.74, 6) is -0.485. The second-order valence-electron chi connectivity index (χ2n) is 6.87. The fourth-order valence-corrected chi connectivity index (χ4v) is 4.53. The number of nitrogens with one attached hydrogen (secondary N) is 2. The summed E-state index contributed by atoms with van der Waals surface area (Å²) in [7, 11) is -3.56. The van der Waals surface area contributed by atoms with Crippen molar-refractivity contribution in [2.75, 3.05) is 23.7 Å². The maximum Gasteiger partial charge on any atom is 0.255 e. The number of benzene rings is 2. The maximum atomic E-state index is 12.8. The van der Waals surface area contributed by atoms with Gasteiger partial charge in [0.15, 0.2) is 0 Å². The maximum absolute atomic E-state index is 12.8. The van der Waals surface area contributed by atoms with Crippen LogP contribution in [-0.2, 0) is 14.8 Å². The molecule has 0 saturated carbocycles. The van der Waals surface area contributed by atoms with Crippen LogP contribution in [0.25, 0.3) is 0 Å². The Labute approximate surface area is 178 Å². The number of sulfonamides is 1. The number of hydrogen-bond donors (Lipinski definition) is 2. The van der Waals surface area contributed by atoms with Crippen molar-refractivity contribution in [1.29, 1.82) is 0 Å². The molecule has 2 aromatic rings. The number of hydrogen-bond acceptors (Lipinski definition) is 4. The van der Waals surface area contributed by atoms with E-state index in [-0.39, 0.29) is 16.7 Å². The van der Waals surface area contributed by atoms with Crippen LogP contribution in [0.15, 0.2) is 53.4 Å². The molecule has 0 aromatic heterocycles. The van der Waals surface area contributed by atoms with E-state index in [0.717, 1.165) is 12.8 Å². The third kappa shape index (κ3) is 6.14. The number of carbonyl (C=O) groups is 2. The molecular formula is C22H29N3O4S. The lowest BCUT2D eigenvalue weighted by Crippen LogP contribution is -2.32. The third-order valence-corrected chi connectivity index (χ3v) is 6.34. The van der Waals surface area contributed by atoms with Crippen molar-refractivity contribution in [3.05, 3.63) is 54.1 Å². The van der Waals surface area contributed by atoms with E-state index < -0.39 is 10.0 Å². The Kier molecular flexibility index (Phi) is 8.56. The second-order valence-corrected chi connectivity index (χ2v) is 8.80. The minimum absolute atomic E-state index is 0.135. The number of rotatable bonds is 10. The van der Waals surface area contributed by atoms with Gasteiger partial charge in [0.25, 0.3) is 5.91 Å². The minimum atomic E-state index is -3.56. The summed E-state index contributed by atoms with van der Waals surface area (Å²) in [4.78, 5) is 24.3. The predicted molar refractivity (Wildman–Crippen MR) is 119 cm³/mol. The Morgan fingerprint density at radius 3 is 2.07 bits per heavy atom. The Balaban J connectivity index is 2.13. The fraction of sp³-hybridized carbons (Fsp3) is 0.364. The quantitative estimate of drug-likeness (QED) is 0.592. The highest BCUT2D eigenvalue weighted by Crippen LogP contribution is 2.20. The lowest BCUT2D eigenvalue weighted by molar-refractivity contribution is -0.115. The SMILES string of the molecule is CCCN(CCC)S(=O)(=O)c1ccc(NC(=O)c2cccc(NC(=O)CC)c2)cc1. The summed E-state index contributed by atoms with van der Waals surface area (Å²) < 4.78 is 27.1. The van der Waals surface area contributed by atoms with Crippen molar-refractivity contribution in [3.8, 4) is 0 Å². The van der Waals surface area contributed by atoms with E-state index in [2.05, 4.69) is 10.6 Å². The van der Waals surface area contributed by atoms with Crippen LogP contribution in [-0.4, -0.2) is 37.6 Å². The minimum Gasteiger partial charge on any atom is -0.326 e. The molecule has 0 fully saturated rings. The molecule has 0 saturated heterocycles. The lowest BCUT2D eigenvalue weighted by Gasteiger charge is -2.21. The van der Waals surface area contributed by atoms with Gasteiger partial charge in [-0.2, -0.15) is 4.31 Å². The number of carbonyl (C=O) groups excluding carboxylic acids is 2. The third-order valence-electron chi connectivity index (χ3n) is 4.43. The molecule has 0 unspecified atom stereocenters. The van der Waals surface area contributed by atoms with E-state index in [0.29, 0.717) is 36.4 Å². The molecule has 2 N–H and O–H groups in total. The molecule has 0 heterocycles. The first-order chi connectivity index (χ1) is 14.3. The van der Waals surface area contributed by atoms with Crippen LogP contribution in [0.3, 0.4) is 0 Å². The molecule has 2 rings (SSSR count). The topological polar surface area (TPSA) is 95.6 Å². The number of nitrogens with zero attached hydrogens (tertiary/aromatic N) is 1. The van der Waals surface area contributed by atoms with Crippen LogP contribution in [0.5, 0.6) is 0 Å². The molecule has 0 aliphatic heterocycles. The Hall–Kier alpha value is -2.71. The number of anilines is 2. The van der Waals surface area contributed by atoms with Gasteiger partial charge >= 0.3 is 0 Å². The highest BCUT2D eigenvalue weighted by atomic mass is 32.2. The molecular weight excluding hydrogens is 402 g/mol. The van der Waals surface area contributed by atoms with Gasteiger partial charge in [0.1, 0.15) is 0 Å². The van der Waals surface area contributed by atoms with Gasteiger partial charge in [-0.1, -0.05) is 26.8 Å². The normalized spacial score (nSPS) is 11.3. The summed E-state index contributed by atoms with van der Waals surface area (Å²) in [5.41, 5.74) is 1.42. The summed E-state index contributed by atoms with van der Waals surface area (Å²) in [6.07, 6.45) is 1.83. The van der Waals surface area contributed by atoms with Gasteiger partial charge in [-0.15, -0.1) is 0 Å². The van der Waals surface area contributed by atoms with Crippen molar-refractivity contribution >= 4 is 33.2 Å². The van der Waals surface area contributed by atoms with Gasteiger partial charge in [-0.05, 0) is 55.3 Å². The Bertz CT molecular complexity index is 966. The molecule has 0 spiro atoms.